The van der Waals surface area contributed by atoms with Gasteiger partial charge in [-0.05, 0) is 37.6 Å². The van der Waals surface area contributed by atoms with Gasteiger partial charge < -0.3 is 16.2 Å². The molecule has 16 heavy (non-hydrogen) atoms. The summed E-state index contributed by atoms with van der Waals surface area (Å²) in [7, 11) is 0. The minimum absolute atomic E-state index is 0. The number of benzene rings is 1. The highest BCUT2D eigenvalue weighted by Gasteiger charge is 2.05. The van der Waals surface area contributed by atoms with Crippen molar-refractivity contribution in [2.75, 3.05) is 11.9 Å². The Bertz CT molecular complexity index is 356. The normalized spacial score (nSPS) is 9.38. The van der Waals surface area contributed by atoms with Crippen LogP contribution in [0.3, 0.4) is 0 Å². The van der Waals surface area contributed by atoms with Crippen molar-refractivity contribution >= 4 is 24.0 Å². The second kappa shape index (κ2) is 7.09. The number of phenols is 1. The van der Waals surface area contributed by atoms with Crippen molar-refractivity contribution in [1.29, 1.82) is 0 Å². The molecule has 0 aliphatic rings. The predicted molar refractivity (Wildman–Crippen MR) is 67.0 cm³/mol. The van der Waals surface area contributed by atoms with Crippen molar-refractivity contribution < 1.29 is 9.90 Å². The van der Waals surface area contributed by atoms with Crippen LogP contribution in [0.4, 0.5) is 5.69 Å². The van der Waals surface area contributed by atoms with E-state index in [9.17, 15) is 9.90 Å². The number of carbonyl (C=O) groups excluding carboxylic acids is 1. The zero-order valence-electron chi connectivity index (χ0n) is 9.19. The van der Waals surface area contributed by atoms with Crippen LogP contribution < -0.4 is 11.1 Å². The summed E-state index contributed by atoms with van der Waals surface area (Å²) >= 11 is 0. The molecular formula is C11H17ClN2O2. The minimum atomic E-state index is -0.124. The molecule has 0 aliphatic heterocycles. The van der Waals surface area contributed by atoms with Crippen LogP contribution >= 0.6 is 12.4 Å². The molecule has 1 rings (SSSR count). The highest BCUT2D eigenvalue weighted by atomic mass is 35.5. The van der Waals surface area contributed by atoms with E-state index in [2.05, 4.69) is 5.32 Å². The van der Waals surface area contributed by atoms with Gasteiger partial charge in [0.2, 0.25) is 5.91 Å². The first kappa shape index (κ1) is 14.7. The zero-order valence-corrected chi connectivity index (χ0v) is 10.0. The quantitative estimate of drug-likeness (QED) is 0.707. The van der Waals surface area contributed by atoms with Crippen LogP contribution in [0.15, 0.2) is 18.2 Å². The third-order valence-electron chi connectivity index (χ3n) is 2.03. The Kier molecular flexibility index (Phi) is 6.53. The number of hydrogen-bond donors (Lipinski definition) is 3. The molecule has 0 fully saturated rings. The molecule has 0 spiro atoms. The fourth-order valence-corrected chi connectivity index (χ4v) is 1.23. The van der Waals surface area contributed by atoms with Crippen molar-refractivity contribution in [2.45, 2.75) is 19.8 Å². The Morgan fingerprint density at radius 2 is 2.19 bits per heavy atom. The van der Waals surface area contributed by atoms with Gasteiger partial charge in [0, 0.05) is 6.42 Å². The van der Waals surface area contributed by atoms with Gasteiger partial charge in [0.05, 0.1) is 5.69 Å². The number of hydrogen-bond acceptors (Lipinski definition) is 3. The average Bonchev–Trinajstić information content (AvgIpc) is 2.20. The molecule has 1 aromatic carbocycles. The lowest BCUT2D eigenvalue weighted by Crippen LogP contribution is -2.13. The number of aromatic hydroxyl groups is 1. The van der Waals surface area contributed by atoms with Gasteiger partial charge in [-0.3, -0.25) is 4.79 Å². The van der Waals surface area contributed by atoms with Gasteiger partial charge in [-0.15, -0.1) is 12.4 Å². The lowest BCUT2D eigenvalue weighted by Gasteiger charge is -2.07. The number of rotatable bonds is 4. The third kappa shape index (κ3) is 4.51. The maximum absolute atomic E-state index is 11.4. The summed E-state index contributed by atoms with van der Waals surface area (Å²) < 4.78 is 0. The topological polar surface area (TPSA) is 75.3 Å². The van der Waals surface area contributed by atoms with E-state index in [1.54, 1.807) is 18.2 Å². The van der Waals surface area contributed by atoms with Gasteiger partial charge in [0.1, 0.15) is 5.75 Å². The van der Waals surface area contributed by atoms with Crippen molar-refractivity contribution in [2.24, 2.45) is 5.73 Å². The van der Waals surface area contributed by atoms with Crippen LogP contribution in [-0.2, 0) is 4.79 Å². The number of carbonyl (C=O) groups is 1. The number of halogens is 1. The van der Waals surface area contributed by atoms with Crippen LogP contribution in [-0.4, -0.2) is 17.6 Å². The molecule has 0 bridgehead atoms. The van der Waals surface area contributed by atoms with E-state index in [1.807, 2.05) is 6.92 Å². The number of nitrogens with two attached hydrogens (primary N) is 1. The van der Waals surface area contributed by atoms with Crippen LogP contribution in [0.2, 0.25) is 0 Å². The van der Waals surface area contributed by atoms with Gasteiger partial charge in [-0.1, -0.05) is 6.07 Å². The molecule has 5 heteroatoms. The van der Waals surface area contributed by atoms with E-state index in [1.165, 1.54) is 0 Å². The molecule has 0 unspecified atom stereocenters. The third-order valence-corrected chi connectivity index (χ3v) is 2.03. The summed E-state index contributed by atoms with van der Waals surface area (Å²) in [5, 5.41) is 12.1. The minimum Gasteiger partial charge on any atom is -0.506 e. The average molecular weight is 245 g/mol. The van der Waals surface area contributed by atoms with E-state index in [4.69, 9.17) is 5.73 Å². The van der Waals surface area contributed by atoms with Crippen molar-refractivity contribution in [3.05, 3.63) is 23.8 Å². The summed E-state index contributed by atoms with van der Waals surface area (Å²) in [6, 6.07) is 5.08. The molecule has 1 amide bonds. The molecule has 0 saturated heterocycles. The van der Waals surface area contributed by atoms with Gasteiger partial charge in [-0.25, -0.2) is 0 Å². The lowest BCUT2D eigenvalue weighted by molar-refractivity contribution is -0.116. The van der Waals surface area contributed by atoms with E-state index in [0.29, 0.717) is 25.1 Å². The Hall–Kier alpha value is -1.26. The van der Waals surface area contributed by atoms with E-state index < -0.39 is 0 Å². The van der Waals surface area contributed by atoms with E-state index >= 15 is 0 Å². The summed E-state index contributed by atoms with van der Waals surface area (Å²) in [5.74, 6) is -0.0388. The summed E-state index contributed by atoms with van der Waals surface area (Å²) in [4.78, 5) is 11.4. The number of aryl methyl sites for hydroxylation is 1. The standard InChI is InChI=1S/C11H16N2O2.ClH/c1-8-4-5-10(14)9(7-8)13-11(15)3-2-6-12;/h4-5,7,14H,2-3,6,12H2,1H3,(H,13,15);1H. The Morgan fingerprint density at radius 3 is 2.81 bits per heavy atom. The maximum Gasteiger partial charge on any atom is 0.224 e. The Labute approximate surface area is 101 Å². The monoisotopic (exact) mass is 244 g/mol. The molecule has 0 heterocycles. The second-order valence-corrected chi connectivity index (χ2v) is 3.46. The lowest BCUT2D eigenvalue weighted by atomic mass is 10.2. The summed E-state index contributed by atoms with van der Waals surface area (Å²) in [5.41, 5.74) is 6.74. The number of phenolic OH excluding ortho intramolecular Hbond substituents is 1. The fourth-order valence-electron chi connectivity index (χ4n) is 1.23. The molecule has 1 aromatic rings. The molecule has 90 valence electrons. The Morgan fingerprint density at radius 1 is 1.50 bits per heavy atom. The first-order chi connectivity index (χ1) is 7.13. The maximum atomic E-state index is 11.4. The number of anilines is 1. The molecule has 0 aromatic heterocycles. The molecule has 0 aliphatic carbocycles. The second-order valence-electron chi connectivity index (χ2n) is 3.46. The van der Waals surface area contributed by atoms with Crippen LogP contribution in [0.1, 0.15) is 18.4 Å². The van der Waals surface area contributed by atoms with Gasteiger partial charge >= 0.3 is 0 Å². The SMILES string of the molecule is Cc1ccc(O)c(NC(=O)CCCN)c1.Cl. The number of amides is 1. The van der Waals surface area contributed by atoms with Crippen molar-refractivity contribution in [3.8, 4) is 5.75 Å². The Balaban J connectivity index is 0.00000225. The highest BCUT2D eigenvalue weighted by molar-refractivity contribution is 5.92. The molecular weight excluding hydrogens is 228 g/mol. The summed E-state index contributed by atoms with van der Waals surface area (Å²) in [6.45, 7) is 2.39. The smallest absolute Gasteiger partial charge is 0.224 e. The predicted octanol–water partition coefficient (Wildman–Crippen LogP) is 1.80. The molecule has 4 N–H and O–H groups in total. The summed E-state index contributed by atoms with van der Waals surface area (Å²) in [6.07, 6.45) is 1.03. The van der Waals surface area contributed by atoms with Crippen molar-refractivity contribution in [3.63, 3.8) is 0 Å². The van der Waals surface area contributed by atoms with Crippen LogP contribution in [0.25, 0.3) is 0 Å². The van der Waals surface area contributed by atoms with Gasteiger partial charge in [-0.2, -0.15) is 0 Å². The fraction of sp³-hybridized carbons (Fsp3) is 0.364. The van der Waals surface area contributed by atoms with Crippen molar-refractivity contribution in [1.82, 2.24) is 0 Å². The van der Waals surface area contributed by atoms with E-state index in [-0.39, 0.29) is 24.1 Å². The first-order valence-corrected chi connectivity index (χ1v) is 4.93. The molecule has 4 nitrogen and oxygen atoms in total. The largest absolute Gasteiger partial charge is 0.506 e. The van der Waals surface area contributed by atoms with E-state index in [0.717, 1.165) is 5.56 Å². The highest BCUT2D eigenvalue weighted by Crippen LogP contribution is 2.23. The molecule has 0 atom stereocenters. The molecule has 0 radical (unpaired) electrons. The van der Waals surface area contributed by atoms with Gasteiger partial charge in [0.25, 0.3) is 0 Å². The molecule has 0 saturated carbocycles. The first-order valence-electron chi connectivity index (χ1n) is 4.93. The number of nitrogens with one attached hydrogen (secondary N) is 1. The van der Waals surface area contributed by atoms with Crippen LogP contribution in [0, 0.1) is 6.92 Å². The van der Waals surface area contributed by atoms with Crippen LogP contribution in [0.5, 0.6) is 5.75 Å². The van der Waals surface area contributed by atoms with Gasteiger partial charge in [0.15, 0.2) is 0 Å². The zero-order chi connectivity index (χ0) is 11.3.